The number of pyridine rings is 1. The molecule has 0 radical (unpaired) electrons. The van der Waals surface area contributed by atoms with Gasteiger partial charge < -0.3 is 38.4 Å². The van der Waals surface area contributed by atoms with Crippen LogP contribution < -0.4 is 15.4 Å². The highest BCUT2D eigenvalue weighted by Crippen LogP contribution is 2.33. The number of amides is 4. The van der Waals surface area contributed by atoms with Crippen LogP contribution in [-0.4, -0.2) is 122 Å². The van der Waals surface area contributed by atoms with Crippen molar-refractivity contribution < 1.29 is 65.0 Å². The first-order chi connectivity index (χ1) is 33.3. The number of likely N-dealkylation sites (tertiary alicyclic amines) is 1. The number of aromatic nitrogens is 3. The van der Waals surface area contributed by atoms with Crippen molar-refractivity contribution in [1.82, 2.24) is 29.6 Å². The average Bonchev–Trinajstić information content (AvgIpc) is 3.91. The van der Waals surface area contributed by atoms with E-state index in [-0.39, 0.29) is 28.6 Å². The van der Waals surface area contributed by atoms with Gasteiger partial charge in [-0.2, -0.15) is 13.5 Å². The second-order valence-electron chi connectivity index (χ2n) is 19.2. The molecule has 2 fully saturated rings. The van der Waals surface area contributed by atoms with Crippen molar-refractivity contribution >= 4 is 68.2 Å². The summed E-state index contributed by atoms with van der Waals surface area (Å²) < 4.78 is 61.5. The summed E-state index contributed by atoms with van der Waals surface area (Å²) in [6.07, 6.45) is 0.266. The number of β-lactam (4-membered cyclic amide) rings is 1. The molecule has 378 valence electrons. The lowest BCUT2D eigenvalue weighted by atomic mass is 9.84. The molecule has 24 heteroatoms. The largest absolute Gasteiger partial charge is 0.487 e. The molecule has 2 aliphatic heterocycles. The van der Waals surface area contributed by atoms with Crippen molar-refractivity contribution in [3.8, 4) is 5.75 Å². The molecule has 2 aliphatic rings. The third-order valence-corrected chi connectivity index (χ3v) is 11.7. The molecule has 5 aromatic rings. The van der Waals surface area contributed by atoms with Gasteiger partial charge in [-0.05, 0) is 91.0 Å². The molecule has 22 nitrogen and oxygen atoms in total. The molecule has 2 atom stereocenters. The molecule has 1 unspecified atom stereocenters. The van der Waals surface area contributed by atoms with Crippen molar-refractivity contribution in [2.24, 2.45) is 11.1 Å². The van der Waals surface area contributed by atoms with Gasteiger partial charge >= 0.3 is 28.6 Å². The first kappa shape index (κ1) is 51.7. The summed E-state index contributed by atoms with van der Waals surface area (Å²) in [4.78, 5) is 83.4. The van der Waals surface area contributed by atoms with E-state index in [1.165, 1.54) is 19.2 Å². The van der Waals surface area contributed by atoms with Gasteiger partial charge in [-0.25, -0.2) is 24.4 Å². The maximum absolute atomic E-state index is 14.4. The Morgan fingerprint density at radius 1 is 0.901 bits per heavy atom. The number of hydrogen-bond donors (Lipinski definition) is 3. The summed E-state index contributed by atoms with van der Waals surface area (Å²) in [5.74, 6) is -2.62. The van der Waals surface area contributed by atoms with Crippen molar-refractivity contribution in [3.63, 3.8) is 0 Å². The van der Waals surface area contributed by atoms with E-state index in [9.17, 15) is 36.9 Å². The summed E-state index contributed by atoms with van der Waals surface area (Å²) in [6, 6.07) is 19.8. The Bertz CT molecular complexity index is 2870. The third kappa shape index (κ3) is 13.4. The number of rotatable bonds is 17. The Labute approximate surface area is 413 Å². The highest BCUT2D eigenvalue weighted by atomic mass is 32.3. The molecule has 2 aromatic carbocycles. The van der Waals surface area contributed by atoms with Gasteiger partial charge in [-0.3, -0.25) is 19.5 Å². The first-order valence-corrected chi connectivity index (χ1v) is 24.5. The monoisotopic (exact) mass is 1020 g/mol. The van der Waals surface area contributed by atoms with E-state index in [1.807, 2.05) is 39.1 Å². The zero-order valence-corrected chi connectivity index (χ0v) is 41.7. The number of anilines is 1. The van der Waals surface area contributed by atoms with Crippen LogP contribution in [0.15, 0.2) is 95.7 Å². The molecule has 5 heterocycles. The zero-order chi connectivity index (χ0) is 51.5. The van der Waals surface area contributed by atoms with Crippen molar-refractivity contribution in [1.29, 1.82) is 0 Å². The van der Waals surface area contributed by atoms with E-state index in [0.717, 1.165) is 17.0 Å². The van der Waals surface area contributed by atoms with Gasteiger partial charge in [-0.15, -0.1) is 15.6 Å². The van der Waals surface area contributed by atoms with Crippen LogP contribution in [-0.2, 0) is 54.5 Å². The number of hydroxylamine groups is 2. The normalized spacial score (nSPS) is 16.7. The van der Waals surface area contributed by atoms with Crippen LogP contribution in [0, 0.1) is 5.92 Å². The molecule has 71 heavy (non-hydrogen) atoms. The highest BCUT2D eigenvalue weighted by molar-refractivity contribution is 7.80. The van der Waals surface area contributed by atoms with Crippen LogP contribution in [0.2, 0.25) is 0 Å². The summed E-state index contributed by atoms with van der Waals surface area (Å²) in [5, 5.41) is 10.8. The quantitative estimate of drug-likeness (QED) is 0.0245. The lowest BCUT2D eigenvalue weighted by Gasteiger charge is -2.50. The first-order valence-electron chi connectivity index (χ1n) is 22.2. The minimum atomic E-state index is -5.12. The van der Waals surface area contributed by atoms with Crippen LogP contribution in [0.3, 0.4) is 0 Å². The summed E-state index contributed by atoms with van der Waals surface area (Å²) >= 11 is 0.886. The smallest absolute Gasteiger partial charge is 0.418 e. The number of nitrogens with zero attached hydrogens (tertiary/aromatic N) is 6. The Morgan fingerprint density at radius 2 is 1.54 bits per heavy atom. The van der Waals surface area contributed by atoms with Gasteiger partial charge in [0.2, 0.25) is 0 Å². The van der Waals surface area contributed by atoms with Crippen molar-refractivity contribution in [2.75, 3.05) is 25.0 Å². The lowest BCUT2D eigenvalue weighted by Crippen LogP contribution is -2.76. The number of fused-ring (bicyclic) bond motifs is 1. The van der Waals surface area contributed by atoms with Gasteiger partial charge in [-0.1, -0.05) is 65.8 Å². The maximum atomic E-state index is 14.4. The van der Waals surface area contributed by atoms with E-state index >= 15 is 0 Å². The highest BCUT2D eigenvalue weighted by Gasteiger charge is 2.58. The van der Waals surface area contributed by atoms with Gasteiger partial charge in [0.25, 0.3) is 17.9 Å². The van der Waals surface area contributed by atoms with Gasteiger partial charge in [0.05, 0.1) is 17.4 Å². The van der Waals surface area contributed by atoms with Crippen molar-refractivity contribution in [2.45, 2.75) is 96.8 Å². The van der Waals surface area contributed by atoms with Crippen LogP contribution in [0.25, 0.3) is 5.65 Å². The Kier molecular flexibility index (Phi) is 15.0. The minimum absolute atomic E-state index is 0.0242. The molecule has 0 aliphatic carbocycles. The summed E-state index contributed by atoms with van der Waals surface area (Å²) in [7, 11) is -5.12. The molecule has 3 N–H and O–H groups in total. The van der Waals surface area contributed by atoms with E-state index < -0.39 is 81.6 Å². The number of ether oxygens (including phenoxy) is 4. The molecule has 2 saturated heterocycles. The summed E-state index contributed by atoms with van der Waals surface area (Å²) in [5.41, 5.74) is -1.11. The molecule has 3 aromatic heterocycles. The average molecular weight is 1020 g/mol. The number of benzene rings is 2. The number of carbonyl (C=O) groups excluding carboxylic acids is 5. The maximum Gasteiger partial charge on any atom is 0.418 e. The molecule has 0 spiro atoms. The standard InChI is InChI=1S/C47H54N8O14S2/c1-45(2,3)66-43(59)51-42-49-33(27-70-42)36(39(56)50-38-40(57)55(47(38,7)8)69-71(61,62)63)52-68-34(41(58)65-37(29-15-11-9-12-16-29)30-17-13-10-14-18-30)26-64-32-19-20-35-48-31(24-53(35)25-32)21-28-22-54(23-28)44(60)67-46(4,5)6/h9-20,24-25,27-28,34,37-38H,21-23,26H2,1-8H3,(H,50,56)(H,49,51,59)(H,61,62,63)/b52-36-/t34?,38-/m1/s1. The number of esters is 1. The van der Waals surface area contributed by atoms with Crippen LogP contribution in [0.4, 0.5) is 14.7 Å². The molecule has 4 amide bonds. The topological polar surface area (TPSA) is 268 Å². The van der Waals surface area contributed by atoms with Crippen molar-refractivity contribution in [3.05, 3.63) is 113 Å². The number of hydrogen-bond acceptors (Lipinski definition) is 17. The molecule has 7 rings (SSSR count). The fraction of sp³-hybridized carbons (Fsp3) is 0.404. The SMILES string of the molecule is CC(C)(C)OC(=O)Nc1nc(/C(=N/OC(COc2ccc3nc(CC4CN(C(=O)OC(C)(C)C)C4)cn3c2)C(=O)OC(c2ccccc2)c2ccccc2)C(=O)N[C@@H]2C(=O)N(OS(=O)(=O)O)C2(C)C)cs1. The molecule has 0 bridgehead atoms. The zero-order valence-electron chi connectivity index (χ0n) is 40.1. The second-order valence-corrected chi connectivity index (χ2v) is 21.0. The lowest BCUT2D eigenvalue weighted by molar-refractivity contribution is -0.218. The predicted octanol–water partition coefficient (Wildman–Crippen LogP) is 5.89. The Balaban J connectivity index is 1.16. The fourth-order valence-electron chi connectivity index (χ4n) is 7.34. The number of carbonyl (C=O) groups is 5. The molecular weight excluding hydrogens is 965 g/mol. The number of imidazole rings is 1. The second kappa shape index (κ2) is 20.7. The van der Waals surface area contributed by atoms with E-state index in [0.29, 0.717) is 41.3 Å². The number of oxime groups is 1. The van der Waals surface area contributed by atoms with Gasteiger partial charge in [0.15, 0.2) is 16.9 Å². The van der Waals surface area contributed by atoms with E-state index in [4.69, 9.17) is 28.8 Å². The number of nitrogens with one attached hydrogen (secondary N) is 2. The number of thiazole rings is 1. The predicted molar refractivity (Wildman–Crippen MR) is 255 cm³/mol. The van der Waals surface area contributed by atoms with Crippen LogP contribution >= 0.6 is 11.3 Å². The van der Waals surface area contributed by atoms with Gasteiger partial charge in [0.1, 0.15) is 40.9 Å². The summed E-state index contributed by atoms with van der Waals surface area (Å²) in [6.45, 7) is 13.7. The van der Waals surface area contributed by atoms with E-state index in [2.05, 4.69) is 25.1 Å². The van der Waals surface area contributed by atoms with Gasteiger partial charge in [0, 0.05) is 24.7 Å². The molecule has 0 saturated carbocycles. The van der Waals surface area contributed by atoms with Crippen LogP contribution in [0.5, 0.6) is 5.75 Å². The molecular formula is C47H54N8O14S2. The van der Waals surface area contributed by atoms with Crippen LogP contribution in [0.1, 0.15) is 84.0 Å². The minimum Gasteiger partial charge on any atom is -0.487 e. The Hall–Kier alpha value is -7.15. The fourth-order valence-corrected chi connectivity index (χ4v) is 8.47. The Morgan fingerprint density at radius 3 is 2.13 bits per heavy atom. The van der Waals surface area contributed by atoms with E-state index in [1.54, 1.807) is 96.9 Å². The third-order valence-electron chi connectivity index (χ3n) is 10.6.